The minimum absolute atomic E-state index is 0.351. The maximum Gasteiger partial charge on any atom is 0.247 e. The number of hydrogen-bond acceptors (Lipinski definition) is 6. The summed E-state index contributed by atoms with van der Waals surface area (Å²) >= 11 is 7.45. The van der Waals surface area contributed by atoms with E-state index in [-0.39, 0.29) is 0 Å². The summed E-state index contributed by atoms with van der Waals surface area (Å²) in [5.74, 6) is 0.473. The number of carbonyl (C=O) groups is 1. The van der Waals surface area contributed by atoms with Gasteiger partial charge in [-0.3, -0.25) is 4.79 Å². The van der Waals surface area contributed by atoms with Gasteiger partial charge in [0, 0.05) is 22.4 Å². The zero-order valence-corrected chi connectivity index (χ0v) is 14.8. The number of benzene rings is 1. The molecule has 128 valence electrons. The predicted molar refractivity (Wildman–Crippen MR) is 100 cm³/mol. The molecule has 0 spiro atoms. The Balaban J connectivity index is 1.90. The highest BCUT2D eigenvalue weighted by atomic mass is 35.5. The summed E-state index contributed by atoms with van der Waals surface area (Å²) in [4.78, 5) is 20.9. The van der Waals surface area contributed by atoms with E-state index in [0.717, 1.165) is 23.4 Å². The van der Waals surface area contributed by atoms with Gasteiger partial charge in [0.25, 0.3) is 0 Å². The van der Waals surface area contributed by atoms with Gasteiger partial charge in [0.05, 0.1) is 22.5 Å². The summed E-state index contributed by atoms with van der Waals surface area (Å²) in [6.45, 7) is 0. The second kappa shape index (κ2) is 6.24. The third-order valence-electron chi connectivity index (χ3n) is 4.15. The lowest BCUT2D eigenvalue weighted by Gasteiger charge is -2.21. The number of nitrogens with zero attached hydrogens (tertiary/aromatic N) is 2. The Labute approximate surface area is 154 Å². The molecule has 1 aromatic heterocycles. The number of aromatic nitrogens is 2. The van der Waals surface area contributed by atoms with E-state index in [1.165, 1.54) is 11.8 Å². The van der Waals surface area contributed by atoms with Crippen LogP contribution in [-0.4, -0.2) is 27.7 Å². The highest BCUT2D eigenvalue weighted by Gasteiger charge is 2.28. The number of amides is 1. The molecule has 1 saturated carbocycles. The summed E-state index contributed by atoms with van der Waals surface area (Å²) in [6.07, 6.45) is 2.25. The van der Waals surface area contributed by atoms with Gasteiger partial charge in [-0.15, -0.1) is 11.8 Å². The smallest absolute Gasteiger partial charge is 0.247 e. The number of anilines is 1. The molecule has 0 unspecified atom stereocenters. The minimum atomic E-state index is -0.516. The van der Waals surface area contributed by atoms with Gasteiger partial charge in [-0.25, -0.2) is 9.97 Å². The fourth-order valence-corrected chi connectivity index (χ4v) is 3.86. The number of hydrogen-bond donors (Lipinski definition) is 3. The first-order chi connectivity index (χ1) is 12.0. The van der Waals surface area contributed by atoms with Crippen molar-refractivity contribution in [1.82, 2.24) is 9.97 Å². The zero-order valence-electron chi connectivity index (χ0n) is 13.3. The van der Waals surface area contributed by atoms with Crippen molar-refractivity contribution in [3.8, 4) is 11.3 Å². The Morgan fingerprint density at radius 2 is 1.96 bits per heavy atom. The molecule has 1 aromatic carbocycles. The molecule has 4 rings (SSSR count). The van der Waals surface area contributed by atoms with Crippen LogP contribution in [0.2, 0.25) is 5.02 Å². The number of rotatable bonds is 4. The van der Waals surface area contributed by atoms with Crippen molar-refractivity contribution in [3.63, 3.8) is 0 Å². The molecule has 0 saturated heterocycles. The van der Waals surface area contributed by atoms with Crippen molar-refractivity contribution in [3.05, 3.63) is 40.4 Å². The average molecular weight is 374 g/mol. The van der Waals surface area contributed by atoms with Gasteiger partial charge >= 0.3 is 0 Å². The molecule has 1 aliphatic carbocycles. The zero-order chi connectivity index (χ0) is 17.6. The number of nitrogens with one attached hydrogen (secondary N) is 1. The second-order valence-corrected chi connectivity index (χ2v) is 7.45. The molecule has 0 bridgehead atoms. The lowest BCUT2D eigenvalue weighted by molar-refractivity contribution is -0.114. The van der Waals surface area contributed by atoms with E-state index in [0.29, 0.717) is 45.3 Å². The fraction of sp³-hybridized carbons (Fsp3) is 0.235. The van der Waals surface area contributed by atoms with Crippen molar-refractivity contribution in [2.24, 2.45) is 11.5 Å². The largest absolute Gasteiger partial charge is 0.398 e. The van der Waals surface area contributed by atoms with E-state index in [4.69, 9.17) is 23.1 Å². The number of thioether (sulfide) groups is 1. The Bertz CT molecular complexity index is 893. The van der Waals surface area contributed by atoms with Crippen molar-refractivity contribution in [2.75, 3.05) is 11.1 Å². The third-order valence-corrected chi connectivity index (χ3v) is 5.40. The van der Waals surface area contributed by atoms with Crippen molar-refractivity contribution < 1.29 is 4.79 Å². The molecule has 1 amide bonds. The molecule has 1 fully saturated rings. The van der Waals surface area contributed by atoms with E-state index < -0.39 is 5.91 Å². The number of nitrogens with two attached hydrogens (primary N) is 2. The maximum atomic E-state index is 11.7. The number of fused-ring (bicyclic) bond motifs is 1. The lowest BCUT2D eigenvalue weighted by atomic mass is 10.0. The molecule has 2 aromatic rings. The van der Waals surface area contributed by atoms with Gasteiger partial charge in [0.15, 0.2) is 0 Å². The Morgan fingerprint density at radius 3 is 2.60 bits per heavy atom. The number of primary amides is 1. The monoisotopic (exact) mass is 373 g/mol. The summed E-state index contributed by atoms with van der Waals surface area (Å²) in [6, 6.07) is 7.78. The molecule has 0 atom stereocenters. The first-order valence-corrected chi connectivity index (χ1v) is 9.25. The molecule has 2 aliphatic rings. The van der Waals surface area contributed by atoms with E-state index >= 15 is 0 Å². The van der Waals surface area contributed by atoms with E-state index in [1.807, 2.05) is 12.1 Å². The van der Waals surface area contributed by atoms with Crippen LogP contribution in [0.1, 0.15) is 18.4 Å². The summed E-state index contributed by atoms with van der Waals surface area (Å²) in [5.41, 5.74) is 14.7. The summed E-state index contributed by atoms with van der Waals surface area (Å²) in [5, 5.41) is 4.72. The van der Waals surface area contributed by atoms with Crippen LogP contribution in [0.5, 0.6) is 0 Å². The Morgan fingerprint density at radius 1 is 1.24 bits per heavy atom. The van der Waals surface area contributed by atoms with Crippen molar-refractivity contribution >= 4 is 40.9 Å². The van der Waals surface area contributed by atoms with Crippen LogP contribution in [0.3, 0.4) is 0 Å². The maximum absolute atomic E-state index is 11.7. The number of carbonyl (C=O) groups excluding carboxylic acids is 1. The average Bonchev–Trinajstić information content (AvgIpc) is 3.39. The quantitative estimate of drug-likeness (QED) is 0.711. The van der Waals surface area contributed by atoms with Crippen LogP contribution in [0.4, 0.5) is 5.95 Å². The fourth-order valence-electron chi connectivity index (χ4n) is 2.65. The molecular weight excluding hydrogens is 358 g/mol. The van der Waals surface area contributed by atoms with Crippen LogP contribution in [-0.2, 0) is 4.79 Å². The van der Waals surface area contributed by atoms with Gasteiger partial charge in [0.1, 0.15) is 5.03 Å². The van der Waals surface area contributed by atoms with Crippen LogP contribution < -0.4 is 16.8 Å². The van der Waals surface area contributed by atoms with Gasteiger partial charge in [-0.2, -0.15) is 0 Å². The standard InChI is InChI=1S/C17H16ClN5OS/c18-9-3-1-8(2-4-9)14-12-13(19)11(15(20)24)7-25-16(12)23-17(22-14)21-10-5-6-10/h1-4,10H,5-7,19H2,(H2,20,24)(H,21,22,23). The van der Waals surface area contributed by atoms with Crippen molar-refractivity contribution in [2.45, 2.75) is 23.9 Å². The highest BCUT2D eigenvalue weighted by molar-refractivity contribution is 7.99. The van der Waals surface area contributed by atoms with Gasteiger partial charge in [-0.1, -0.05) is 23.7 Å². The van der Waals surface area contributed by atoms with Crippen LogP contribution in [0.25, 0.3) is 17.0 Å². The van der Waals surface area contributed by atoms with E-state index in [1.54, 1.807) is 12.1 Å². The predicted octanol–water partition coefficient (Wildman–Crippen LogP) is 2.63. The summed E-state index contributed by atoms with van der Waals surface area (Å²) in [7, 11) is 0. The third kappa shape index (κ3) is 3.17. The molecule has 1 aliphatic heterocycles. The van der Waals surface area contributed by atoms with Crippen LogP contribution in [0.15, 0.2) is 34.9 Å². The topological polar surface area (TPSA) is 107 Å². The van der Waals surface area contributed by atoms with Crippen LogP contribution >= 0.6 is 23.4 Å². The normalized spacial score (nSPS) is 16.5. The first kappa shape index (κ1) is 16.2. The van der Waals surface area contributed by atoms with E-state index in [2.05, 4.69) is 15.3 Å². The molecule has 0 radical (unpaired) electrons. The van der Waals surface area contributed by atoms with Crippen molar-refractivity contribution in [1.29, 1.82) is 0 Å². The highest BCUT2D eigenvalue weighted by Crippen LogP contribution is 2.40. The molecule has 2 heterocycles. The first-order valence-electron chi connectivity index (χ1n) is 7.89. The van der Waals surface area contributed by atoms with Gasteiger partial charge < -0.3 is 16.8 Å². The van der Waals surface area contributed by atoms with E-state index in [9.17, 15) is 4.79 Å². The van der Waals surface area contributed by atoms with Crippen LogP contribution in [0, 0.1) is 0 Å². The molecule has 6 nitrogen and oxygen atoms in total. The van der Waals surface area contributed by atoms with Gasteiger partial charge in [0.2, 0.25) is 11.9 Å². The molecular formula is C17H16ClN5OS. The molecule has 25 heavy (non-hydrogen) atoms. The molecule has 5 N–H and O–H groups in total. The summed E-state index contributed by atoms with van der Waals surface area (Å²) < 4.78 is 0. The second-order valence-electron chi connectivity index (χ2n) is 6.05. The lowest BCUT2D eigenvalue weighted by Crippen LogP contribution is -2.23. The number of halogens is 1. The van der Waals surface area contributed by atoms with Gasteiger partial charge in [-0.05, 0) is 25.0 Å². The minimum Gasteiger partial charge on any atom is -0.398 e. The SMILES string of the molecule is NC(=O)C1=C(N)c2c(nc(NC3CC3)nc2-c2ccc(Cl)cc2)SC1. The Kier molecular flexibility index (Phi) is 4.05. The molecule has 8 heteroatoms. The Hall–Kier alpha value is -2.25.